The van der Waals surface area contributed by atoms with Crippen LogP contribution in [0.15, 0.2) is 12.1 Å². The Balaban J connectivity index is 2.35. The standard InChI is InChI=1S/C15H15N3O9/c1-8-2-11-12(15(24)17(14(11)23)4-9(21)5-19)3-10(8)13(22)16(6-20)7-27-18(25)26/h2-3,6,9,19,21H,4-5,7H2,1H3. The topological polar surface area (TPSA) is 168 Å². The first-order chi connectivity index (χ1) is 12.7. The molecule has 1 heterocycles. The highest BCUT2D eigenvalue weighted by molar-refractivity contribution is 6.22. The highest BCUT2D eigenvalue weighted by Crippen LogP contribution is 2.27. The van der Waals surface area contributed by atoms with Crippen LogP contribution in [0.5, 0.6) is 0 Å². The molecule has 0 fully saturated rings. The molecule has 0 saturated carbocycles. The van der Waals surface area contributed by atoms with Gasteiger partial charge in [0.2, 0.25) is 6.41 Å². The highest BCUT2D eigenvalue weighted by atomic mass is 17.0. The van der Waals surface area contributed by atoms with E-state index in [0.717, 1.165) is 11.0 Å². The van der Waals surface area contributed by atoms with Crippen LogP contribution in [0.3, 0.4) is 0 Å². The molecule has 27 heavy (non-hydrogen) atoms. The third kappa shape index (κ3) is 3.91. The summed E-state index contributed by atoms with van der Waals surface area (Å²) in [5.41, 5.74) is -0.00516. The molecule has 1 aromatic rings. The van der Waals surface area contributed by atoms with Crippen molar-refractivity contribution in [3.8, 4) is 0 Å². The number of fused-ring (bicyclic) bond motifs is 1. The number of aryl methyl sites for hydroxylation is 1. The summed E-state index contributed by atoms with van der Waals surface area (Å²) in [5.74, 6) is -2.44. The molecule has 2 N–H and O–H groups in total. The van der Waals surface area contributed by atoms with E-state index in [0.29, 0.717) is 4.90 Å². The zero-order chi connectivity index (χ0) is 20.3. The minimum Gasteiger partial charge on any atom is -0.394 e. The lowest BCUT2D eigenvalue weighted by atomic mass is 9.99. The Kier molecular flexibility index (Phi) is 5.82. The van der Waals surface area contributed by atoms with Gasteiger partial charge in [0.1, 0.15) is 0 Å². The molecular weight excluding hydrogens is 366 g/mol. The van der Waals surface area contributed by atoms with Crippen molar-refractivity contribution in [3.05, 3.63) is 44.5 Å². The molecule has 0 aromatic heterocycles. The van der Waals surface area contributed by atoms with Gasteiger partial charge < -0.3 is 10.2 Å². The molecule has 0 spiro atoms. The molecule has 1 unspecified atom stereocenters. The van der Waals surface area contributed by atoms with Crippen molar-refractivity contribution in [2.75, 3.05) is 19.9 Å². The quantitative estimate of drug-likeness (QED) is 0.183. The van der Waals surface area contributed by atoms with Crippen LogP contribution in [0.25, 0.3) is 0 Å². The van der Waals surface area contributed by atoms with Crippen LogP contribution >= 0.6 is 0 Å². The second kappa shape index (κ2) is 7.88. The minimum atomic E-state index is -1.32. The number of benzene rings is 1. The Labute approximate surface area is 151 Å². The smallest absolute Gasteiger partial charge is 0.296 e. The predicted octanol–water partition coefficient (Wildman–Crippen LogP) is -1.29. The fourth-order valence-electron chi connectivity index (χ4n) is 2.51. The lowest BCUT2D eigenvalue weighted by molar-refractivity contribution is -0.761. The maximum Gasteiger partial charge on any atom is 0.296 e. The van der Waals surface area contributed by atoms with Crippen LogP contribution in [0.4, 0.5) is 0 Å². The van der Waals surface area contributed by atoms with Gasteiger partial charge in [-0.05, 0) is 24.6 Å². The van der Waals surface area contributed by atoms with Gasteiger partial charge in [-0.15, -0.1) is 10.1 Å². The van der Waals surface area contributed by atoms with Gasteiger partial charge >= 0.3 is 0 Å². The van der Waals surface area contributed by atoms with Gasteiger partial charge in [0.05, 0.1) is 30.4 Å². The maximum atomic E-state index is 12.4. The van der Waals surface area contributed by atoms with E-state index in [4.69, 9.17) is 5.11 Å². The monoisotopic (exact) mass is 381 g/mol. The van der Waals surface area contributed by atoms with Crippen molar-refractivity contribution in [2.24, 2.45) is 0 Å². The molecule has 0 saturated heterocycles. The van der Waals surface area contributed by atoms with Gasteiger partial charge in [-0.1, -0.05) is 0 Å². The van der Waals surface area contributed by atoms with E-state index < -0.39 is 48.8 Å². The summed E-state index contributed by atoms with van der Waals surface area (Å²) in [4.78, 5) is 63.5. The van der Waals surface area contributed by atoms with Crippen molar-refractivity contribution in [2.45, 2.75) is 13.0 Å². The van der Waals surface area contributed by atoms with Crippen LogP contribution in [-0.4, -0.2) is 75.2 Å². The molecule has 12 heteroatoms. The molecule has 2 rings (SSSR count). The van der Waals surface area contributed by atoms with Crippen molar-refractivity contribution < 1.29 is 39.3 Å². The predicted molar refractivity (Wildman–Crippen MR) is 84.8 cm³/mol. The SMILES string of the molecule is Cc1cc2c(cc1C(=O)N(C=O)CO[N+](=O)[O-])C(=O)N(CC(O)CO)C2=O. The van der Waals surface area contributed by atoms with Gasteiger partial charge in [-0.25, -0.2) is 0 Å². The number of imide groups is 2. The zero-order valence-corrected chi connectivity index (χ0v) is 14.0. The van der Waals surface area contributed by atoms with Gasteiger partial charge in [0, 0.05) is 5.56 Å². The first-order valence-electron chi connectivity index (χ1n) is 7.54. The van der Waals surface area contributed by atoms with E-state index in [2.05, 4.69) is 4.84 Å². The first-order valence-corrected chi connectivity index (χ1v) is 7.54. The number of hydrogen-bond donors (Lipinski definition) is 2. The summed E-state index contributed by atoms with van der Waals surface area (Å²) >= 11 is 0. The van der Waals surface area contributed by atoms with Crippen LogP contribution in [0, 0.1) is 17.0 Å². The van der Waals surface area contributed by atoms with Crippen LogP contribution in [-0.2, 0) is 9.63 Å². The third-order valence-corrected chi connectivity index (χ3v) is 3.84. The van der Waals surface area contributed by atoms with Crippen LogP contribution in [0.2, 0.25) is 0 Å². The van der Waals surface area contributed by atoms with Crippen LogP contribution in [0.1, 0.15) is 36.6 Å². The molecule has 12 nitrogen and oxygen atoms in total. The lowest BCUT2D eigenvalue weighted by Crippen LogP contribution is -2.38. The summed E-state index contributed by atoms with van der Waals surface area (Å²) in [6, 6.07) is 2.37. The van der Waals surface area contributed by atoms with Crippen molar-refractivity contribution >= 4 is 24.1 Å². The molecule has 1 atom stereocenters. The number of hydrogen-bond acceptors (Lipinski definition) is 9. The van der Waals surface area contributed by atoms with Gasteiger partial charge in [-0.3, -0.25) is 33.8 Å². The molecule has 0 radical (unpaired) electrons. The number of carbonyl (C=O) groups excluding carboxylic acids is 4. The molecule has 4 amide bonds. The van der Waals surface area contributed by atoms with E-state index in [-0.39, 0.29) is 28.7 Å². The average Bonchev–Trinajstić information content (AvgIpc) is 2.85. The number of rotatable bonds is 8. The van der Waals surface area contributed by atoms with E-state index in [9.17, 15) is 34.4 Å². The number of aliphatic hydroxyl groups is 2. The van der Waals surface area contributed by atoms with Gasteiger partial charge in [0.15, 0.2) is 6.73 Å². The summed E-state index contributed by atoms with van der Waals surface area (Å²) in [6.07, 6.45) is -1.28. The Morgan fingerprint density at radius 3 is 2.48 bits per heavy atom. The van der Waals surface area contributed by atoms with Gasteiger partial charge in [-0.2, -0.15) is 0 Å². The molecule has 144 valence electrons. The molecule has 1 aliphatic rings. The lowest BCUT2D eigenvalue weighted by Gasteiger charge is -2.16. The normalized spacial score (nSPS) is 14.0. The van der Waals surface area contributed by atoms with E-state index in [1.165, 1.54) is 13.0 Å². The van der Waals surface area contributed by atoms with Crippen molar-refractivity contribution in [3.63, 3.8) is 0 Å². The summed E-state index contributed by atoms with van der Waals surface area (Å²) in [5, 5.41) is 27.4. The Morgan fingerprint density at radius 2 is 1.96 bits per heavy atom. The van der Waals surface area contributed by atoms with E-state index in [1.54, 1.807) is 0 Å². The largest absolute Gasteiger partial charge is 0.394 e. The third-order valence-electron chi connectivity index (χ3n) is 3.84. The molecule has 0 aliphatic carbocycles. The second-order valence-corrected chi connectivity index (χ2v) is 5.63. The number of nitrogens with zero attached hydrogens (tertiary/aromatic N) is 3. The Bertz CT molecular complexity index is 823. The summed E-state index contributed by atoms with van der Waals surface area (Å²) in [7, 11) is 0. The average molecular weight is 381 g/mol. The number of amides is 4. The molecule has 0 bridgehead atoms. The fraction of sp³-hybridized carbons (Fsp3) is 0.333. The zero-order valence-electron chi connectivity index (χ0n) is 14.0. The van der Waals surface area contributed by atoms with Crippen molar-refractivity contribution in [1.82, 2.24) is 9.80 Å². The maximum absolute atomic E-state index is 12.4. The molecule has 1 aliphatic heterocycles. The second-order valence-electron chi connectivity index (χ2n) is 5.63. The number of aliphatic hydroxyl groups excluding tert-OH is 2. The fourth-order valence-corrected chi connectivity index (χ4v) is 2.51. The first kappa shape index (κ1) is 19.9. The van der Waals surface area contributed by atoms with Gasteiger partial charge in [0.25, 0.3) is 22.8 Å². The number of β-amino-alcohol motifs (C(OH)–C–C–N with tert-alkyl or cyclic N) is 1. The minimum absolute atomic E-state index is 0.00150. The summed E-state index contributed by atoms with van der Waals surface area (Å²) < 4.78 is 0. The molecular formula is C15H15N3O9. The number of carbonyl (C=O) groups is 4. The molecule has 1 aromatic carbocycles. The highest BCUT2D eigenvalue weighted by Gasteiger charge is 2.38. The Morgan fingerprint density at radius 1 is 1.37 bits per heavy atom. The van der Waals surface area contributed by atoms with E-state index in [1.807, 2.05) is 0 Å². The van der Waals surface area contributed by atoms with Crippen LogP contribution < -0.4 is 0 Å². The van der Waals surface area contributed by atoms with E-state index >= 15 is 0 Å². The summed E-state index contributed by atoms with van der Waals surface area (Å²) in [6.45, 7) is -0.565. The Hall–Kier alpha value is -3.38. The van der Waals surface area contributed by atoms with Crippen molar-refractivity contribution in [1.29, 1.82) is 0 Å².